The van der Waals surface area contributed by atoms with E-state index in [2.05, 4.69) is 10.2 Å². The first-order valence-electron chi connectivity index (χ1n) is 10.1. The Labute approximate surface area is 160 Å². The van der Waals surface area contributed by atoms with Crippen LogP contribution in [0.5, 0.6) is 5.75 Å². The van der Waals surface area contributed by atoms with Crippen molar-refractivity contribution in [1.29, 1.82) is 0 Å². The van der Waals surface area contributed by atoms with Crippen molar-refractivity contribution in [2.75, 3.05) is 13.8 Å². The van der Waals surface area contributed by atoms with Gasteiger partial charge in [-0.3, -0.25) is 9.69 Å². The van der Waals surface area contributed by atoms with Crippen LogP contribution in [0.3, 0.4) is 0 Å². The fraction of sp³-hybridized carbons (Fsp3) is 0.619. The van der Waals surface area contributed by atoms with Crippen LogP contribution >= 0.6 is 0 Å². The quantitative estimate of drug-likeness (QED) is 0.780. The normalized spacial score (nSPS) is 22.2. The van der Waals surface area contributed by atoms with Gasteiger partial charge in [0.15, 0.2) is 0 Å². The molecule has 2 saturated carbocycles. The lowest BCUT2D eigenvalue weighted by Gasteiger charge is -2.28. The Morgan fingerprint density at radius 3 is 2.52 bits per heavy atom. The first-order valence-corrected chi connectivity index (χ1v) is 10.1. The fourth-order valence-electron chi connectivity index (χ4n) is 4.44. The molecule has 1 saturated heterocycles. The van der Waals surface area contributed by atoms with Crippen LogP contribution in [0.15, 0.2) is 24.3 Å². The highest BCUT2D eigenvalue weighted by Crippen LogP contribution is 2.35. The first-order chi connectivity index (χ1) is 13.1. The molecule has 1 N–H and O–H groups in total. The molecule has 3 aliphatic rings. The predicted molar refractivity (Wildman–Crippen MR) is 102 cm³/mol. The van der Waals surface area contributed by atoms with Gasteiger partial charge in [-0.25, -0.2) is 9.69 Å². The first kappa shape index (κ1) is 18.3. The van der Waals surface area contributed by atoms with Gasteiger partial charge in [-0.2, -0.15) is 0 Å². The van der Waals surface area contributed by atoms with E-state index in [9.17, 15) is 9.59 Å². The Kier molecular flexibility index (Phi) is 5.08. The summed E-state index contributed by atoms with van der Waals surface area (Å²) in [5, 5.41) is 3.05. The summed E-state index contributed by atoms with van der Waals surface area (Å²) in [6, 6.07) is 8.16. The van der Waals surface area contributed by atoms with Crippen molar-refractivity contribution >= 4 is 11.9 Å². The van der Waals surface area contributed by atoms with Crippen LogP contribution in [0, 0.1) is 0 Å². The summed E-state index contributed by atoms with van der Waals surface area (Å²) in [6.45, 7) is 1.04. The number of hydrogen-bond acceptors (Lipinski definition) is 4. The second-order valence-electron chi connectivity index (χ2n) is 8.09. The molecule has 146 valence electrons. The monoisotopic (exact) mass is 371 g/mol. The molecule has 3 fully saturated rings. The second kappa shape index (κ2) is 7.50. The Balaban J connectivity index is 1.50. The Morgan fingerprint density at radius 2 is 1.85 bits per heavy atom. The minimum Gasteiger partial charge on any atom is -0.496 e. The molecule has 1 aliphatic heterocycles. The largest absolute Gasteiger partial charge is 0.496 e. The van der Waals surface area contributed by atoms with Crippen LogP contribution in [-0.4, -0.2) is 47.1 Å². The molecule has 1 heterocycles. The maximum atomic E-state index is 13.2. The lowest BCUT2D eigenvalue weighted by molar-refractivity contribution is -0.133. The number of rotatable bonds is 6. The summed E-state index contributed by atoms with van der Waals surface area (Å²) >= 11 is 0. The number of hydrogen-bond donors (Lipinski definition) is 1. The molecule has 0 atom stereocenters. The minimum absolute atomic E-state index is 0.0277. The van der Waals surface area contributed by atoms with E-state index in [1.807, 2.05) is 24.3 Å². The molecule has 1 aromatic rings. The molecule has 0 aromatic heterocycles. The van der Waals surface area contributed by atoms with Crippen LogP contribution in [-0.2, 0) is 11.3 Å². The summed E-state index contributed by atoms with van der Waals surface area (Å²) in [6.07, 6.45) is 8.07. The summed E-state index contributed by atoms with van der Waals surface area (Å²) < 4.78 is 5.48. The third kappa shape index (κ3) is 3.68. The number of nitrogens with one attached hydrogen (secondary N) is 1. The SMILES string of the molecule is COc1ccccc1CN(CN1C(=O)NC2(CCCCCC2)C1=O)C1CC1. The van der Waals surface area contributed by atoms with Gasteiger partial charge in [-0.15, -0.1) is 0 Å². The maximum absolute atomic E-state index is 13.2. The van der Waals surface area contributed by atoms with E-state index in [0.717, 1.165) is 62.7 Å². The van der Waals surface area contributed by atoms with Crippen molar-refractivity contribution in [2.24, 2.45) is 0 Å². The lowest BCUT2D eigenvalue weighted by Crippen LogP contribution is -2.47. The topological polar surface area (TPSA) is 61.9 Å². The summed E-state index contributed by atoms with van der Waals surface area (Å²) in [4.78, 5) is 29.5. The molecule has 1 spiro atoms. The highest BCUT2D eigenvalue weighted by Gasteiger charge is 2.51. The Hall–Kier alpha value is -2.08. The zero-order chi connectivity index (χ0) is 18.9. The van der Waals surface area contributed by atoms with Crippen molar-refractivity contribution in [3.05, 3.63) is 29.8 Å². The van der Waals surface area contributed by atoms with Gasteiger partial charge < -0.3 is 10.1 Å². The fourth-order valence-corrected chi connectivity index (χ4v) is 4.44. The zero-order valence-electron chi connectivity index (χ0n) is 16.1. The molecular weight excluding hydrogens is 342 g/mol. The van der Waals surface area contributed by atoms with Gasteiger partial charge in [-0.05, 0) is 31.7 Å². The van der Waals surface area contributed by atoms with Crippen molar-refractivity contribution in [3.8, 4) is 5.75 Å². The van der Waals surface area contributed by atoms with Gasteiger partial charge in [0.1, 0.15) is 11.3 Å². The van der Waals surface area contributed by atoms with Crippen molar-refractivity contribution in [3.63, 3.8) is 0 Å². The Bertz CT molecular complexity index is 708. The van der Waals surface area contributed by atoms with Gasteiger partial charge in [0.05, 0.1) is 13.8 Å². The van der Waals surface area contributed by atoms with Crippen LogP contribution in [0.2, 0.25) is 0 Å². The lowest BCUT2D eigenvalue weighted by atomic mass is 9.90. The molecule has 0 unspecified atom stereocenters. The van der Waals surface area contributed by atoms with Gasteiger partial charge in [0.25, 0.3) is 5.91 Å². The molecule has 27 heavy (non-hydrogen) atoms. The third-order valence-electron chi connectivity index (χ3n) is 6.16. The third-order valence-corrected chi connectivity index (χ3v) is 6.16. The number of para-hydroxylation sites is 1. The van der Waals surface area contributed by atoms with Gasteiger partial charge in [0, 0.05) is 18.2 Å². The van der Waals surface area contributed by atoms with Gasteiger partial charge >= 0.3 is 6.03 Å². The highest BCUT2D eigenvalue weighted by atomic mass is 16.5. The maximum Gasteiger partial charge on any atom is 0.326 e. The predicted octanol–water partition coefficient (Wildman–Crippen LogP) is 3.26. The number of carbonyl (C=O) groups excluding carboxylic acids is 2. The standard InChI is InChI=1S/C21H29N3O3/c1-27-18-9-5-4-8-16(18)14-23(17-10-11-17)15-24-19(25)21(22-20(24)26)12-6-2-3-7-13-21/h4-5,8-9,17H,2-3,6-7,10-15H2,1H3,(H,22,26). The van der Waals surface area contributed by atoms with E-state index >= 15 is 0 Å². The molecule has 6 heteroatoms. The van der Waals surface area contributed by atoms with E-state index in [4.69, 9.17) is 4.74 Å². The summed E-state index contributed by atoms with van der Waals surface area (Å²) in [5.41, 5.74) is 0.427. The average molecular weight is 371 g/mol. The molecule has 6 nitrogen and oxygen atoms in total. The van der Waals surface area contributed by atoms with Gasteiger partial charge in [-0.1, -0.05) is 43.9 Å². The number of nitrogens with zero attached hydrogens (tertiary/aromatic N) is 2. The van der Waals surface area contributed by atoms with E-state index in [-0.39, 0.29) is 11.9 Å². The van der Waals surface area contributed by atoms with E-state index in [0.29, 0.717) is 19.3 Å². The van der Waals surface area contributed by atoms with Crippen LogP contribution < -0.4 is 10.1 Å². The molecule has 3 amide bonds. The minimum atomic E-state index is -0.659. The molecule has 0 bridgehead atoms. The van der Waals surface area contributed by atoms with E-state index in [1.165, 1.54) is 4.90 Å². The smallest absolute Gasteiger partial charge is 0.326 e. The highest BCUT2D eigenvalue weighted by molar-refractivity contribution is 6.07. The summed E-state index contributed by atoms with van der Waals surface area (Å²) in [7, 11) is 1.67. The van der Waals surface area contributed by atoms with Gasteiger partial charge in [0.2, 0.25) is 0 Å². The van der Waals surface area contributed by atoms with Crippen LogP contribution in [0.1, 0.15) is 56.9 Å². The molecular formula is C21H29N3O3. The number of imide groups is 1. The molecule has 4 rings (SSSR count). The zero-order valence-corrected chi connectivity index (χ0v) is 16.1. The molecule has 2 aliphatic carbocycles. The summed E-state index contributed by atoms with van der Waals surface area (Å²) in [5.74, 6) is 0.820. The number of urea groups is 1. The molecule has 0 radical (unpaired) electrons. The number of benzene rings is 1. The average Bonchev–Trinajstić information content (AvgIpc) is 3.50. The second-order valence-corrected chi connectivity index (χ2v) is 8.09. The number of carbonyl (C=O) groups is 2. The van der Waals surface area contributed by atoms with E-state index in [1.54, 1.807) is 7.11 Å². The number of amides is 3. The van der Waals surface area contributed by atoms with Crippen molar-refractivity contribution < 1.29 is 14.3 Å². The van der Waals surface area contributed by atoms with Crippen LogP contribution in [0.4, 0.5) is 4.79 Å². The number of ether oxygens (including phenoxy) is 1. The van der Waals surface area contributed by atoms with Crippen molar-refractivity contribution in [2.45, 2.75) is 69.5 Å². The van der Waals surface area contributed by atoms with Crippen molar-refractivity contribution in [1.82, 2.24) is 15.1 Å². The number of methoxy groups -OCH3 is 1. The van der Waals surface area contributed by atoms with Crippen LogP contribution in [0.25, 0.3) is 0 Å². The molecule has 1 aromatic carbocycles. The Morgan fingerprint density at radius 1 is 1.15 bits per heavy atom. The van der Waals surface area contributed by atoms with E-state index < -0.39 is 5.54 Å².